The summed E-state index contributed by atoms with van der Waals surface area (Å²) < 4.78 is 36.4. The summed E-state index contributed by atoms with van der Waals surface area (Å²) in [5, 5.41) is 0.296. The van der Waals surface area contributed by atoms with E-state index in [1.807, 2.05) is 0 Å². The van der Waals surface area contributed by atoms with E-state index in [0.717, 1.165) is 6.08 Å². The van der Waals surface area contributed by atoms with Gasteiger partial charge in [0.05, 0.1) is 4.90 Å². The van der Waals surface area contributed by atoms with E-state index in [1.54, 1.807) is 6.07 Å². The lowest BCUT2D eigenvalue weighted by atomic mass is 10.4. The third-order valence-electron chi connectivity index (χ3n) is 1.82. The smallest absolute Gasteiger partial charge is 0.184 e. The minimum absolute atomic E-state index is 0.000529. The molecule has 16 heavy (non-hydrogen) atoms. The van der Waals surface area contributed by atoms with Crippen LogP contribution < -0.4 is 5.73 Å². The maximum Gasteiger partial charge on any atom is 0.184 e. The van der Waals surface area contributed by atoms with Gasteiger partial charge in [-0.3, -0.25) is 0 Å². The summed E-state index contributed by atoms with van der Waals surface area (Å²) in [5.41, 5.74) is 5.08. The van der Waals surface area contributed by atoms with Gasteiger partial charge in [-0.15, -0.1) is 0 Å². The Labute approximate surface area is 98.6 Å². The molecule has 0 aromatic heterocycles. The van der Waals surface area contributed by atoms with Crippen molar-refractivity contribution in [2.24, 2.45) is 5.73 Å². The number of hydrogen-bond acceptors (Lipinski definition) is 3. The zero-order valence-corrected chi connectivity index (χ0v) is 9.93. The van der Waals surface area contributed by atoms with Crippen LogP contribution in [0.5, 0.6) is 0 Å². The maximum absolute atomic E-state index is 13.1. The van der Waals surface area contributed by atoms with Crippen molar-refractivity contribution in [3.05, 3.63) is 41.2 Å². The fraction of sp³-hybridized carbons (Fsp3) is 0.200. The molecule has 1 aromatic rings. The zero-order chi connectivity index (χ0) is 12.2. The molecule has 6 heteroatoms. The van der Waals surface area contributed by atoms with Crippen LogP contribution in [0.15, 0.2) is 41.1 Å². The Morgan fingerprint density at radius 2 is 2.19 bits per heavy atom. The highest BCUT2D eigenvalue weighted by Crippen LogP contribution is 2.18. The van der Waals surface area contributed by atoms with E-state index >= 15 is 0 Å². The molecule has 0 fully saturated rings. The van der Waals surface area contributed by atoms with Crippen LogP contribution in [0.25, 0.3) is 0 Å². The lowest BCUT2D eigenvalue weighted by molar-refractivity contribution is 0.583. The zero-order valence-electron chi connectivity index (χ0n) is 8.36. The molecule has 0 aliphatic carbocycles. The van der Waals surface area contributed by atoms with Crippen LogP contribution in [-0.4, -0.2) is 20.7 Å². The van der Waals surface area contributed by atoms with Crippen LogP contribution in [0.3, 0.4) is 0 Å². The van der Waals surface area contributed by atoms with Gasteiger partial charge in [0.1, 0.15) is 11.6 Å². The molecule has 0 atom stereocenters. The van der Waals surface area contributed by atoms with Crippen LogP contribution in [-0.2, 0) is 9.84 Å². The molecule has 0 radical (unpaired) electrons. The number of halogens is 2. The van der Waals surface area contributed by atoms with Crippen molar-refractivity contribution < 1.29 is 12.8 Å². The first-order valence-electron chi connectivity index (χ1n) is 4.48. The second-order valence-corrected chi connectivity index (χ2v) is 5.53. The lowest BCUT2D eigenvalue weighted by Gasteiger charge is -2.03. The molecule has 0 aliphatic heterocycles. The topological polar surface area (TPSA) is 60.2 Å². The van der Waals surface area contributed by atoms with Gasteiger partial charge in [0.15, 0.2) is 9.84 Å². The normalized spacial score (nSPS) is 12.8. The molecule has 3 nitrogen and oxygen atoms in total. The average Bonchev–Trinajstić information content (AvgIpc) is 2.17. The van der Waals surface area contributed by atoms with Gasteiger partial charge in [-0.25, -0.2) is 12.8 Å². The lowest BCUT2D eigenvalue weighted by Crippen LogP contribution is -2.08. The fourth-order valence-corrected chi connectivity index (χ4v) is 2.61. The third kappa shape index (κ3) is 3.59. The average molecular weight is 264 g/mol. The molecule has 1 aromatic carbocycles. The van der Waals surface area contributed by atoms with Crippen molar-refractivity contribution in [3.63, 3.8) is 0 Å². The molecule has 0 saturated carbocycles. The van der Waals surface area contributed by atoms with Gasteiger partial charge in [0.2, 0.25) is 0 Å². The van der Waals surface area contributed by atoms with E-state index in [-0.39, 0.29) is 11.4 Å². The fourth-order valence-electron chi connectivity index (χ4n) is 1.11. The first-order chi connectivity index (χ1) is 7.45. The monoisotopic (exact) mass is 263 g/mol. The highest BCUT2D eigenvalue weighted by Gasteiger charge is 2.16. The Balaban J connectivity index is 2.99. The summed E-state index contributed by atoms with van der Waals surface area (Å²) in [6, 6.07) is 5.70. The van der Waals surface area contributed by atoms with E-state index in [0.29, 0.717) is 5.02 Å². The molecule has 0 bridgehead atoms. The van der Waals surface area contributed by atoms with Crippen LogP contribution in [0, 0.1) is 0 Å². The van der Waals surface area contributed by atoms with Crippen molar-refractivity contribution in [2.45, 2.75) is 4.90 Å². The summed E-state index contributed by atoms with van der Waals surface area (Å²) in [6.07, 6.45) is 1.03. The van der Waals surface area contributed by atoms with E-state index in [4.69, 9.17) is 17.3 Å². The molecule has 2 N–H and O–H groups in total. The van der Waals surface area contributed by atoms with Gasteiger partial charge in [-0.05, 0) is 24.3 Å². The van der Waals surface area contributed by atoms with Crippen LogP contribution in [0.2, 0.25) is 5.02 Å². The van der Waals surface area contributed by atoms with E-state index in [2.05, 4.69) is 0 Å². The molecule has 0 unspecified atom stereocenters. The summed E-state index contributed by atoms with van der Waals surface area (Å²) in [7, 11) is -3.69. The quantitative estimate of drug-likeness (QED) is 0.903. The third-order valence-corrected chi connectivity index (χ3v) is 3.69. The largest absolute Gasteiger partial charge is 0.327 e. The minimum atomic E-state index is -3.69. The predicted molar refractivity (Wildman–Crippen MR) is 61.8 cm³/mol. The number of nitrogens with two attached hydrogens (primary N) is 1. The van der Waals surface area contributed by atoms with Crippen molar-refractivity contribution in [2.75, 3.05) is 12.3 Å². The molecular formula is C10H11ClFNO2S. The Kier molecular flexibility index (Phi) is 4.46. The summed E-state index contributed by atoms with van der Waals surface area (Å²) in [5.74, 6) is -1.45. The molecule has 0 heterocycles. The first-order valence-corrected chi connectivity index (χ1v) is 6.51. The molecule has 0 aliphatic rings. The van der Waals surface area contributed by atoms with Gasteiger partial charge in [0.25, 0.3) is 0 Å². The SMILES string of the molecule is NC/C=C(\F)CS(=O)(=O)c1cccc(Cl)c1. The van der Waals surface area contributed by atoms with Gasteiger partial charge < -0.3 is 5.73 Å². The molecule has 88 valence electrons. The van der Waals surface area contributed by atoms with Crippen molar-refractivity contribution in [1.29, 1.82) is 0 Å². The van der Waals surface area contributed by atoms with Crippen LogP contribution in [0.1, 0.15) is 0 Å². The number of rotatable bonds is 4. The Bertz CT molecular complexity index is 499. The number of hydrogen-bond donors (Lipinski definition) is 1. The maximum atomic E-state index is 13.1. The predicted octanol–water partition coefficient (Wildman–Crippen LogP) is 1.93. The van der Waals surface area contributed by atoms with Gasteiger partial charge in [-0.1, -0.05) is 17.7 Å². The molecule has 0 saturated heterocycles. The molecular weight excluding hydrogens is 253 g/mol. The summed E-state index contributed by atoms with van der Waals surface area (Å²) in [6.45, 7) is -0.0309. The highest BCUT2D eigenvalue weighted by molar-refractivity contribution is 7.91. The molecule has 1 rings (SSSR count). The van der Waals surface area contributed by atoms with Crippen LogP contribution in [0.4, 0.5) is 4.39 Å². The van der Waals surface area contributed by atoms with E-state index < -0.39 is 21.4 Å². The standard InChI is InChI=1S/C10H11ClFNO2S/c11-8-2-1-3-10(6-8)16(14,15)7-9(12)4-5-13/h1-4,6H,5,7,13H2/b9-4-. The first kappa shape index (κ1) is 13.2. The number of benzene rings is 1. The Hall–Kier alpha value is -0.910. The summed E-state index contributed by atoms with van der Waals surface area (Å²) in [4.78, 5) is 0.000529. The van der Waals surface area contributed by atoms with Gasteiger partial charge in [0, 0.05) is 11.6 Å². The molecule has 0 spiro atoms. The Morgan fingerprint density at radius 3 is 2.75 bits per heavy atom. The molecule has 0 amide bonds. The van der Waals surface area contributed by atoms with Crippen molar-refractivity contribution >= 4 is 21.4 Å². The second kappa shape index (κ2) is 5.43. The van der Waals surface area contributed by atoms with Gasteiger partial charge >= 0.3 is 0 Å². The number of sulfone groups is 1. The van der Waals surface area contributed by atoms with Crippen LogP contribution >= 0.6 is 11.6 Å². The van der Waals surface area contributed by atoms with Crippen molar-refractivity contribution in [1.82, 2.24) is 0 Å². The van der Waals surface area contributed by atoms with E-state index in [9.17, 15) is 12.8 Å². The van der Waals surface area contributed by atoms with Gasteiger partial charge in [-0.2, -0.15) is 0 Å². The van der Waals surface area contributed by atoms with Crippen molar-refractivity contribution in [3.8, 4) is 0 Å². The summed E-state index contributed by atoms with van der Waals surface area (Å²) >= 11 is 5.66. The second-order valence-electron chi connectivity index (χ2n) is 3.10. The highest BCUT2D eigenvalue weighted by atomic mass is 35.5. The van der Waals surface area contributed by atoms with E-state index in [1.165, 1.54) is 18.2 Å². The Morgan fingerprint density at radius 1 is 1.50 bits per heavy atom. The minimum Gasteiger partial charge on any atom is -0.327 e.